The van der Waals surface area contributed by atoms with Crippen LogP contribution in [0.3, 0.4) is 0 Å². The molecule has 2 nitrogen and oxygen atoms in total. The van der Waals surface area contributed by atoms with Gasteiger partial charge in [0.15, 0.2) is 0 Å². The summed E-state index contributed by atoms with van der Waals surface area (Å²) in [5.74, 6) is 0.602. The molecule has 0 fully saturated rings. The lowest BCUT2D eigenvalue weighted by atomic mass is 9.98. The molecular formula is C17H18ClO2P. The van der Waals surface area contributed by atoms with E-state index in [1.54, 1.807) is 7.11 Å². The van der Waals surface area contributed by atoms with Gasteiger partial charge < -0.3 is 4.74 Å². The molecule has 0 amide bonds. The summed E-state index contributed by atoms with van der Waals surface area (Å²) in [5, 5.41) is 0.860. The van der Waals surface area contributed by atoms with Crippen LogP contribution in [0.5, 0.6) is 5.75 Å². The largest absolute Gasteiger partial charge is 0.496 e. The van der Waals surface area contributed by atoms with Crippen molar-refractivity contribution in [2.24, 2.45) is 0 Å². The van der Waals surface area contributed by atoms with Crippen LogP contribution in [-0.4, -0.2) is 12.6 Å². The van der Waals surface area contributed by atoms with Crippen molar-refractivity contribution >= 4 is 29.3 Å². The van der Waals surface area contributed by atoms with Crippen LogP contribution in [0.2, 0.25) is 0 Å². The molecule has 0 heterocycles. The number of methoxy groups -OCH3 is 1. The molecule has 110 valence electrons. The standard InChI is InChI=1S/C17H18ClO2P/c1-11-10-15(20-4)16(13(3)12(11)2)17(19)21(18)14-8-6-5-7-9-14/h5-10H,1-4H3. The highest BCUT2D eigenvalue weighted by Gasteiger charge is 2.25. The van der Waals surface area contributed by atoms with Crippen LogP contribution in [0.15, 0.2) is 36.4 Å². The third-order valence-corrected chi connectivity index (χ3v) is 6.10. The Hall–Kier alpha value is -1.37. The van der Waals surface area contributed by atoms with E-state index in [0.717, 1.165) is 22.0 Å². The number of rotatable bonds is 4. The van der Waals surface area contributed by atoms with Crippen molar-refractivity contribution in [3.05, 3.63) is 58.7 Å². The monoisotopic (exact) mass is 320 g/mol. The highest BCUT2D eigenvalue weighted by Crippen LogP contribution is 2.46. The Labute approximate surface area is 131 Å². The summed E-state index contributed by atoms with van der Waals surface area (Å²) in [6, 6.07) is 11.4. The number of hydrogen-bond donors (Lipinski definition) is 0. The number of carbonyl (C=O) groups is 1. The lowest BCUT2D eigenvalue weighted by molar-refractivity contribution is 0.108. The van der Waals surface area contributed by atoms with Crippen molar-refractivity contribution in [1.29, 1.82) is 0 Å². The van der Waals surface area contributed by atoms with Gasteiger partial charge in [-0.2, -0.15) is 0 Å². The zero-order valence-electron chi connectivity index (χ0n) is 12.6. The predicted octanol–water partition coefficient (Wildman–Crippen LogP) is 4.72. The molecule has 4 heteroatoms. The van der Waals surface area contributed by atoms with Gasteiger partial charge in [0.05, 0.1) is 19.9 Å². The molecule has 0 N–H and O–H groups in total. The van der Waals surface area contributed by atoms with Gasteiger partial charge in [0.2, 0.25) is 5.52 Å². The van der Waals surface area contributed by atoms with E-state index in [9.17, 15) is 4.79 Å². The highest BCUT2D eigenvalue weighted by atomic mass is 35.7. The van der Waals surface area contributed by atoms with E-state index in [-0.39, 0.29) is 5.52 Å². The smallest absolute Gasteiger partial charge is 0.208 e. The molecule has 2 aromatic carbocycles. The number of halogens is 1. The molecule has 0 bridgehead atoms. The summed E-state index contributed by atoms with van der Waals surface area (Å²) in [5.41, 5.74) is 3.70. The van der Waals surface area contributed by atoms with Gasteiger partial charge in [-0.15, -0.1) is 0 Å². The molecule has 21 heavy (non-hydrogen) atoms. The van der Waals surface area contributed by atoms with Crippen LogP contribution >= 0.6 is 18.5 Å². The van der Waals surface area contributed by atoms with Crippen molar-refractivity contribution in [3.63, 3.8) is 0 Å². The summed E-state index contributed by atoms with van der Waals surface area (Å²) < 4.78 is 5.40. The number of benzene rings is 2. The number of aryl methyl sites for hydroxylation is 1. The van der Waals surface area contributed by atoms with Gasteiger partial charge >= 0.3 is 0 Å². The molecule has 0 radical (unpaired) electrons. The summed E-state index contributed by atoms with van der Waals surface area (Å²) in [4.78, 5) is 12.8. The second kappa shape index (κ2) is 6.60. The Kier molecular flexibility index (Phi) is 5.03. The molecule has 0 saturated heterocycles. The van der Waals surface area contributed by atoms with E-state index in [1.807, 2.05) is 57.2 Å². The van der Waals surface area contributed by atoms with Gasteiger partial charge in [0.25, 0.3) is 0 Å². The number of hydrogen-bond acceptors (Lipinski definition) is 2. The maximum absolute atomic E-state index is 12.8. The van der Waals surface area contributed by atoms with Crippen molar-refractivity contribution in [2.45, 2.75) is 20.8 Å². The highest BCUT2D eigenvalue weighted by molar-refractivity contribution is 8.02. The van der Waals surface area contributed by atoms with Gasteiger partial charge in [-0.3, -0.25) is 4.79 Å². The molecule has 0 aliphatic heterocycles. The summed E-state index contributed by atoms with van der Waals surface area (Å²) in [7, 11) is 0.163. The van der Waals surface area contributed by atoms with Crippen LogP contribution in [0, 0.1) is 20.8 Å². The van der Waals surface area contributed by atoms with Gasteiger partial charge in [0.1, 0.15) is 5.75 Å². The minimum Gasteiger partial charge on any atom is -0.496 e. The molecule has 2 rings (SSSR count). The fourth-order valence-corrected chi connectivity index (χ4v) is 3.98. The fourth-order valence-electron chi connectivity index (χ4n) is 2.25. The molecular weight excluding hydrogens is 303 g/mol. The minimum absolute atomic E-state index is 0.0599. The van der Waals surface area contributed by atoms with Crippen LogP contribution in [0.4, 0.5) is 0 Å². The normalized spacial score (nSPS) is 12.0. The quantitative estimate of drug-likeness (QED) is 0.762. The average Bonchev–Trinajstić information content (AvgIpc) is 2.51. The Morgan fingerprint density at radius 2 is 1.71 bits per heavy atom. The zero-order valence-corrected chi connectivity index (χ0v) is 14.3. The Bertz CT molecular complexity index is 668. The fraction of sp³-hybridized carbons (Fsp3) is 0.235. The Morgan fingerprint density at radius 1 is 1.10 bits per heavy atom. The van der Waals surface area contributed by atoms with Gasteiger partial charge in [-0.1, -0.05) is 41.6 Å². The van der Waals surface area contributed by atoms with Crippen LogP contribution < -0.4 is 10.0 Å². The predicted molar refractivity (Wildman–Crippen MR) is 90.4 cm³/mol. The molecule has 0 aromatic heterocycles. The SMILES string of the molecule is COc1cc(C)c(C)c(C)c1C(=O)P(Cl)c1ccccc1. The van der Waals surface area contributed by atoms with Crippen molar-refractivity contribution in [3.8, 4) is 5.75 Å². The number of carbonyl (C=O) groups excluding carboxylic acids is 1. The molecule has 1 unspecified atom stereocenters. The first-order valence-corrected chi connectivity index (χ1v) is 8.92. The summed E-state index contributed by atoms with van der Waals surface area (Å²) in [6.45, 7) is 5.98. The number of ether oxygens (including phenoxy) is 1. The molecule has 0 aliphatic rings. The van der Waals surface area contributed by atoms with Gasteiger partial charge in [0, 0.05) is 0 Å². The third kappa shape index (κ3) is 3.12. The van der Waals surface area contributed by atoms with E-state index < -0.39 is 7.27 Å². The molecule has 2 aromatic rings. The van der Waals surface area contributed by atoms with E-state index in [2.05, 4.69) is 0 Å². The minimum atomic E-state index is -1.42. The molecule has 1 atom stereocenters. The lowest BCUT2D eigenvalue weighted by Gasteiger charge is -2.17. The topological polar surface area (TPSA) is 26.3 Å². The Morgan fingerprint density at radius 3 is 2.29 bits per heavy atom. The maximum Gasteiger partial charge on any atom is 0.208 e. The first kappa shape index (κ1) is 16.0. The zero-order chi connectivity index (χ0) is 15.6. The van der Waals surface area contributed by atoms with E-state index in [4.69, 9.17) is 16.0 Å². The van der Waals surface area contributed by atoms with E-state index >= 15 is 0 Å². The Balaban J connectivity index is 2.51. The average molecular weight is 321 g/mol. The first-order valence-electron chi connectivity index (χ1n) is 6.67. The van der Waals surface area contributed by atoms with Crippen LogP contribution in [0.1, 0.15) is 27.0 Å². The summed E-state index contributed by atoms with van der Waals surface area (Å²) >= 11 is 6.44. The summed E-state index contributed by atoms with van der Waals surface area (Å²) in [6.07, 6.45) is 0. The molecule has 0 saturated carbocycles. The lowest BCUT2D eigenvalue weighted by Crippen LogP contribution is -2.09. The van der Waals surface area contributed by atoms with Gasteiger partial charge in [-0.05, 0) is 48.8 Å². The van der Waals surface area contributed by atoms with Crippen LogP contribution in [-0.2, 0) is 0 Å². The molecule has 0 spiro atoms. The third-order valence-electron chi connectivity index (χ3n) is 3.72. The van der Waals surface area contributed by atoms with E-state index in [0.29, 0.717) is 11.3 Å². The second-order valence-electron chi connectivity index (χ2n) is 4.94. The maximum atomic E-state index is 12.8. The van der Waals surface area contributed by atoms with Crippen molar-refractivity contribution in [1.82, 2.24) is 0 Å². The van der Waals surface area contributed by atoms with E-state index in [1.165, 1.54) is 0 Å². The first-order chi connectivity index (χ1) is 9.97. The van der Waals surface area contributed by atoms with Crippen molar-refractivity contribution < 1.29 is 9.53 Å². The van der Waals surface area contributed by atoms with Crippen molar-refractivity contribution in [2.75, 3.05) is 7.11 Å². The molecule has 0 aliphatic carbocycles. The van der Waals surface area contributed by atoms with Crippen LogP contribution in [0.25, 0.3) is 0 Å². The van der Waals surface area contributed by atoms with Gasteiger partial charge in [-0.25, -0.2) is 0 Å². The second-order valence-corrected chi connectivity index (χ2v) is 7.44.